The van der Waals surface area contributed by atoms with E-state index in [1.165, 1.54) is 0 Å². The van der Waals surface area contributed by atoms with Gasteiger partial charge in [0, 0.05) is 16.1 Å². The van der Waals surface area contributed by atoms with Crippen LogP contribution in [0.25, 0.3) is 11.0 Å². The molecule has 0 spiro atoms. The SMILES string of the molecule is Cc1c(Cl)cccc1NC(=O)NC(C)c1cc2ccccc2o1. The number of furan rings is 1. The number of carbonyl (C=O) groups is 1. The summed E-state index contributed by atoms with van der Waals surface area (Å²) in [5.74, 6) is 0.712. The topological polar surface area (TPSA) is 54.3 Å². The minimum Gasteiger partial charge on any atom is -0.459 e. The van der Waals surface area contributed by atoms with Crippen molar-refractivity contribution in [2.75, 3.05) is 5.32 Å². The first-order valence-electron chi connectivity index (χ1n) is 7.35. The number of halogens is 1. The predicted octanol–water partition coefficient (Wildman–Crippen LogP) is 5.28. The van der Waals surface area contributed by atoms with Crippen LogP contribution in [0.5, 0.6) is 0 Å². The minimum atomic E-state index is -0.302. The number of nitrogens with one attached hydrogen (secondary N) is 2. The zero-order valence-corrected chi connectivity index (χ0v) is 13.6. The summed E-state index contributed by atoms with van der Waals surface area (Å²) in [6.07, 6.45) is 0. The molecule has 1 unspecified atom stereocenters. The number of benzene rings is 2. The van der Waals surface area contributed by atoms with E-state index in [1.807, 2.05) is 50.2 Å². The number of amides is 2. The molecule has 2 N–H and O–H groups in total. The van der Waals surface area contributed by atoms with Crippen molar-refractivity contribution in [3.63, 3.8) is 0 Å². The number of hydrogen-bond acceptors (Lipinski definition) is 2. The maximum absolute atomic E-state index is 12.2. The standard InChI is InChI=1S/C18H17ClN2O2/c1-11-14(19)7-5-8-15(11)21-18(22)20-12(2)17-10-13-6-3-4-9-16(13)23-17/h3-10,12H,1-2H3,(H2,20,21,22). The first kappa shape index (κ1) is 15.4. The molecule has 0 aliphatic heterocycles. The van der Waals surface area contributed by atoms with Crippen LogP contribution in [0.3, 0.4) is 0 Å². The molecule has 0 fully saturated rings. The van der Waals surface area contributed by atoms with Crippen molar-refractivity contribution in [3.8, 4) is 0 Å². The van der Waals surface area contributed by atoms with E-state index in [0.717, 1.165) is 16.5 Å². The number of urea groups is 1. The highest BCUT2D eigenvalue weighted by atomic mass is 35.5. The molecule has 0 aliphatic rings. The summed E-state index contributed by atoms with van der Waals surface area (Å²) < 4.78 is 5.76. The molecule has 1 heterocycles. The van der Waals surface area contributed by atoms with Gasteiger partial charge in [0.2, 0.25) is 0 Å². The minimum absolute atomic E-state index is 0.248. The van der Waals surface area contributed by atoms with E-state index < -0.39 is 0 Å². The van der Waals surface area contributed by atoms with E-state index in [9.17, 15) is 4.79 Å². The van der Waals surface area contributed by atoms with Crippen LogP contribution in [0.4, 0.5) is 10.5 Å². The van der Waals surface area contributed by atoms with Crippen LogP contribution in [0, 0.1) is 6.92 Å². The van der Waals surface area contributed by atoms with Crippen molar-refractivity contribution < 1.29 is 9.21 Å². The lowest BCUT2D eigenvalue weighted by Crippen LogP contribution is -2.31. The maximum atomic E-state index is 12.2. The largest absolute Gasteiger partial charge is 0.459 e. The second kappa shape index (κ2) is 6.34. The number of para-hydroxylation sites is 1. The van der Waals surface area contributed by atoms with Crippen LogP contribution in [-0.2, 0) is 0 Å². The molecule has 5 heteroatoms. The second-order valence-electron chi connectivity index (χ2n) is 5.42. The van der Waals surface area contributed by atoms with Gasteiger partial charge in [-0.05, 0) is 43.7 Å². The quantitative estimate of drug-likeness (QED) is 0.687. The van der Waals surface area contributed by atoms with Crippen molar-refractivity contribution in [2.24, 2.45) is 0 Å². The second-order valence-corrected chi connectivity index (χ2v) is 5.83. The van der Waals surface area contributed by atoms with Crippen LogP contribution in [-0.4, -0.2) is 6.03 Å². The number of fused-ring (bicyclic) bond motifs is 1. The highest BCUT2D eigenvalue weighted by Gasteiger charge is 2.15. The highest BCUT2D eigenvalue weighted by molar-refractivity contribution is 6.31. The smallest absolute Gasteiger partial charge is 0.319 e. The third kappa shape index (κ3) is 3.32. The molecule has 3 aromatic rings. The zero-order valence-electron chi connectivity index (χ0n) is 12.9. The summed E-state index contributed by atoms with van der Waals surface area (Å²) >= 11 is 6.06. The zero-order chi connectivity index (χ0) is 16.4. The van der Waals surface area contributed by atoms with Crippen LogP contribution in [0.15, 0.2) is 52.9 Å². The van der Waals surface area contributed by atoms with Crippen LogP contribution >= 0.6 is 11.6 Å². The Labute approximate surface area is 139 Å². The Balaban J connectivity index is 1.70. The summed E-state index contributed by atoms with van der Waals surface area (Å²) in [5.41, 5.74) is 2.33. The van der Waals surface area contributed by atoms with Crippen molar-refractivity contribution in [1.82, 2.24) is 5.32 Å². The molecule has 23 heavy (non-hydrogen) atoms. The van der Waals surface area contributed by atoms with Gasteiger partial charge in [-0.1, -0.05) is 35.9 Å². The van der Waals surface area contributed by atoms with Crippen LogP contribution < -0.4 is 10.6 Å². The van der Waals surface area contributed by atoms with Crippen LogP contribution in [0.2, 0.25) is 5.02 Å². The van der Waals surface area contributed by atoms with Crippen molar-refractivity contribution >= 4 is 34.3 Å². The van der Waals surface area contributed by atoms with Crippen molar-refractivity contribution in [1.29, 1.82) is 0 Å². The van der Waals surface area contributed by atoms with Gasteiger partial charge in [0.15, 0.2) is 0 Å². The molecule has 1 atom stereocenters. The third-order valence-corrected chi connectivity index (χ3v) is 4.14. The lowest BCUT2D eigenvalue weighted by atomic mass is 10.2. The maximum Gasteiger partial charge on any atom is 0.319 e. The van der Waals surface area contributed by atoms with E-state index in [0.29, 0.717) is 16.5 Å². The van der Waals surface area contributed by atoms with E-state index in [-0.39, 0.29) is 12.1 Å². The molecule has 0 saturated carbocycles. The fraction of sp³-hybridized carbons (Fsp3) is 0.167. The monoisotopic (exact) mass is 328 g/mol. The molecule has 118 valence electrons. The van der Waals surface area contributed by atoms with Gasteiger partial charge in [-0.15, -0.1) is 0 Å². The Morgan fingerprint density at radius 3 is 2.74 bits per heavy atom. The molecule has 0 radical (unpaired) electrons. The van der Waals surface area contributed by atoms with Gasteiger partial charge in [0.25, 0.3) is 0 Å². The van der Waals surface area contributed by atoms with Gasteiger partial charge in [0.1, 0.15) is 11.3 Å². The average molecular weight is 329 g/mol. The van der Waals surface area contributed by atoms with Crippen LogP contribution in [0.1, 0.15) is 24.3 Å². The normalized spacial score (nSPS) is 12.1. The summed E-state index contributed by atoms with van der Waals surface area (Å²) in [6, 6.07) is 14.5. The van der Waals surface area contributed by atoms with E-state index in [1.54, 1.807) is 12.1 Å². The van der Waals surface area contributed by atoms with Crippen molar-refractivity contribution in [2.45, 2.75) is 19.9 Å². The van der Waals surface area contributed by atoms with Gasteiger partial charge in [-0.25, -0.2) is 4.79 Å². The fourth-order valence-electron chi connectivity index (χ4n) is 2.38. The van der Waals surface area contributed by atoms with Gasteiger partial charge in [-0.3, -0.25) is 0 Å². The van der Waals surface area contributed by atoms with Gasteiger partial charge >= 0.3 is 6.03 Å². The molecule has 2 aromatic carbocycles. The lowest BCUT2D eigenvalue weighted by Gasteiger charge is -2.14. The Morgan fingerprint density at radius 2 is 1.96 bits per heavy atom. The number of carbonyl (C=O) groups excluding carboxylic acids is 1. The summed E-state index contributed by atoms with van der Waals surface area (Å²) in [6.45, 7) is 3.74. The summed E-state index contributed by atoms with van der Waals surface area (Å²) in [5, 5.41) is 7.31. The molecular formula is C18H17ClN2O2. The van der Waals surface area contributed by atoms with E-state index in [2.05, 4.69) is 10.6 Å². The summed E-state index contributed by atoms with van der Waals surface area (Å²) in [7, 11) is 0. The number of anilines is 1. The van der Waals surface area contributed by atoms with E-state index >= 15 is 0 Å². The fourth-order valence-corrected chi connectivity index (χ4v) is 2.56. The van der Waals surface area contributed by atoms with E-state index in [4.69, 9.17) is 16.0 Å². The molecule has 0 bridgehead atoms. The number of hydrogen-bond donors (Lipinski definition) is 2. The lowest BCUT2D eigenvalue weighted by molar-refractivity contribution is 0.248. The first-order chi connectivity index (χ1) is 11.0. The molecule has 4 nitrogen and oxygen atoms in total. The van der Waals surface area contributed by atoms with Gasteiger partial charge in [-0.2, -0.15) is 0 Å². The Bertz CT molecular complexity index is 824. The molecule has 2 amide bonds. The first-order valence-corrected chi connectivity index (χ1v) is 7.73. The molecular weight excluding hydrogens is 312 g/mol. The summed E-state index contributed by atoms with van der Waals surface area (Å²) in [4.78, 5) is 12.2. The molecule has 1 aromatic heterocycles. The number of rotatable bonds is 3. The highest BCUT2D eigenvalue weighted by Crippen LogP contribution is 2.25. The van der Waals surface area contributed by atoms with Crippen molar-refractivity contribution in [3.05, 3.63) is 64.9 Å². The Morgan fingerprint density at radius 1 is 1.17 bits per heavy atom. The Hall–Kier alpha value is -2.46. The molecule has 3 rings (SSSR count). The molecule has 0 saturated heterocycles. The molecule has 0 aliphatic carbocycles. The predicted molar refractivity (Wildman–Crippen MR) is 93.0 cm³/mol. The van der Waals surface area contributed by atoms with Gasteiger partial charge in [0.05, 0.1) is 6.04 Å². The average Bonchev–Trinajstić information content (AvgIpc) is 2.96. The van der Waals surface area contributed by atoms with Gasteiger partial charge < -0.3 is 15.1 Å². The third-order valence-electron chi connectivity index (χ3n) is 3.73. The Kier molecular flexibility index (Phi) is 4.26.